The standard InChI is InChI=1S/C16H17NO3S/c1-10-3-5-12(6-4-10)13-7-8-21-15(13)16(20)17-11(2)9-14(18)19/h3-8,11H,9H2,1-2H3,(H,17,20)(H,18,19). The van der Waals surface area contributed by atoms with Crippen molar-refractivity contribution in [3.05, 3.63) is 46.2 Å². The van der Waals surface area contributed by atoms with Gasteiger partial charge in [0.15, 0.2) is 0 Å². The number of amides is 1. The number of hydrogen-bond donors (Lipinski definition) is 2. The molecule has 0 spiro atoms. The van der Waals surface area contributed by atoms with E-state index in [1.165, 1.54) is 11.3 Å². The maximum absolute atomic E-state index is 12.3. The van der Waals surface area contributed by atoms with Crippen molar-refractivity contribution < 1.29 is 14.7 Å². The van der Waals surface area contributed by atoms with Crippen molar-refractivity contribution in [2.45, 2.75) is 26.3 Å². The SMILES string of the molecule is Cc1ccc(-c2ccsc2C(=O)NC(C)CC(=O)O)cc1. The zero-order valence-corrected chi connectivity index (χ0v) is 12.7. The smallest absolute Gasteiger partial charge is 0.305 e. The van der Waals surface area contributed by atoms with Crippen molar-refractivity contribution >= 4 is 23.2 Å². The Kier molecular flexibility index (Phi) is 4.75. The van der Waals surface area contributed by atoms with Crippen molar-refractivity contribution in [2.75, 3.05) is 0 Å². The predicted molar refractivity (Wildman–Crippen MR) is 83.7 cm³/mol. The number of thiophene rings is 1. The minimum atomic E-state index is -0.923. The molecular formula is C16H17NO3S. The van der Waals surface area contributed by atoms with Crippen LogP contribution in [0.5, 0.6) is 0 Å². The lowest BCUT2D eigenvalue weighted by atomic mass is 10.0. The monoisotopic (exact) mass is 303 g/mol. The molecule has 2 rings (SSSR count). The molecule has 2 aromatic rings. The summed E-state index contributed by atoms with van der Waals surface area (Å²) in [4.78, 5) is 23.5. The Morgan fingerprint density at radius 1 is 1.24 bits per heavy atom. The molecule has 0 aliphatic rings. The van der Waals surface area contributed by atoms with Gasteiger partial charge in [0.1, 0.15) is 0 Å². The largest absolute Gasteiger partial charge is 0.481 e. The Balaban J connectivity index is 2.18. The Bertz CT molecular complexity index is 646. The van der Waals surface area contributed by atoms with Gasteiger partial charge in [0.05, 0.1) is 11.3 Å². The molecule has 2 N–H and O–H groups in total. The maximum atomic E-state index is 12.3. The fourth-order valence-corrected chi connectivity index (χ4v) is 2.87. The van der Waals surface area contributed by atoms with Gasteiger partial charge < -0.3 is 10.4 Å². The minimum Gasteiger partial charge on any atom is -0.481 e. The third kappa shape index (κ3) is 3.92. The van der Waals surface area contributed by atoms with Gasteiger partial charge in [-0.25, -0.2) is 0 Å². The zero-order chi connectivity index (χ0) is 15.4. The Labute approximate surface area is 127 Å². The molecule has 4 nitrogen and oxygen atoms in total. The molecule has 1 aromatic heterocycles. The summed E-state index contributed by atoms with van der Waals surface area (Å²) < 4.78 is 0. The number of aliphatic carboxylic acids is 1. The van der Waals surface area contributed by atoms with Crippen LogP contribution in [0.15, 0.2) is 35.7 Å². The molecule has 0 saturated heterocycles. The third-order valence-corrected chi connectivity index (χ3v) is 4.01. The number of carboxylic acid groups (broad SMARTS) is 1. The van der Waals surface area contributed by atoms with Gasteiger partial charge in [0, 0.05) is 11.6 Å². The summed E-state index contributed by atoms with van der Waals surface area (Å²) in [5.74, 6) is -1.15. The number of rotatable bonds is 5. The first-order valence-electron chi connectivity index (χ1n) is 6.64. The molecule has 1 atom stereocenters. The molecule has 21 heavy (non-hydrogen) atoms. The molecular weight excluding hydrogens is 286 g/mol. The van der Waals surface area contributed by atoms with Crippen LogP contribution in [-0.2, 0) is 4.79 Å². The highest BCUT2D eigenvalue weighted by molar-refractivity contribution is 7.12. The maximum Gasteiger partial charge on any atom is 0.305 e. The summed E-state index contributed by atoms with van der Waals surface area (Å²) in [6.07, 6.45) is -0.0863. The number of carbonyl (C=O) groups excluding carboxylic acids is 1. The number of aryl methyl sites for hydroxylation is 1. The Morgan fingerprint density at radius 2 is 1.90 bits per heavy atom. The van der Waals surface area contributed by atoms with Crippen LogP contribution in [0, 0.1) is 6.92 Å². The summed E-state index contributed by atoms with van der Waals surface area (Å²) in [7, 11) is 0. The molecule has 0 aliphatic carbocycles. The lowest BCUT2D eigenvalue weighted by molar-refractivity contribution is -0.137. The van der Waals surface area contributed by atoms with E-state index < -0.39 is 12.0 Å². The Morgan fingerprint density at radius 3 is 2.52 bits per heavy atom. The van der Waals surface area contributed by atoms with Gasteiger partial charge in [-0.05, 0) is 30.9 Å². The van der Waals surface area contributed by atoms with Crippen molar-refractivity contribution in [3.63, 3.8) is 0 Å². The molecule has 0 bridgehead atoms. The van der Waals surface area contributed by atoms with Gasteiger partial charge >= 0.3 is 5.97 Å². The molecule has 1 unspecified atom stereocenters. The number of hydrogen-bond acceptors (Lipinski definition) is 3. The zero-order valence-electron chi connectivity index (χ0n) is 11.9. The van der Waals surface area contributed by atoms with E-state index >= 15 is 0 Å². The molecule has 5 heteroatoms. The van der Waals surface area contributed by atoms with Crippen LogP contribution >= 0.6 is 11.3 Å². The summed E-state index contributed by atoms with van der Waals surface area (Å²) in [5, 5.41) is 13.3. The van der Waals surface area contributed by atoms with Crippen molar-refractivity contribution in [1.29, 1.82) is 0 Å². The highest BCUT2D eigenvalue weighted by Gasteiger charge is 2.17. The van der Waals surface area contributed by atoms with Crippen LogP contribution in [0.25, 0.3) is 11.1 Å². The molecule has 0 radical (unpaired) electrons. The number of carboxylic acids is 1. The van der Waals surface area contributed by atoms with Crippen molar-refractivity contribution in [1.82, 2.24) is 5.32 Å². The van der Waals surface area contributed by atoms with Crippen LogP contribution in [0.4, 0.5) is 0 Å². The van der Waals surface area contributed by atoms with E-state index in [9.17, 15) is 9.59 Å². The average molecular weight is 303 g/mol. The number of carbonyl (C=O) groups is 2. The van der Waals surface area contributed by atoms with Gasteiger partial charge in [0.25, 0.3) is 5.91 Å². The van der Waals surface area contributed by atoms with E-state index in [-0.39, 0.29) is 12.3 Å². The van der Waals surface area contributed by atoms with Crippen LogP contribution in [-0.4, -0.2) is 23.0 Å². The first kappa shape index (κ1) is 15.3. The lowest BCUT2D eigenvalue weighted by Crippen LogP contribution is -2.33. The highest BCUT2D eigenvalue weighted by atomic mass is 32.1. The van der Waals surface area contributed by atoms with Crippen molar-refractivity contribution in [2.24, 2.45) is 0 Å². The molecule has 1 aromatic carbocycles. The van der Waals surface area contributed by atoms with Gasteiger partial charge in [-0.1, -0.05) is 29.8 Å². The molecule has 1 amide bonds. The summed E-state index contributed by atoms with van der Waals surface area (Å²) in [6, 6.07) is 9.47. The first-order chi connectivity index (χ1) is 9.97. The normalized spacial score (nSPS) is 11.9. The predicted octanol–water partition coefficient (Wildman–Crippen LogP) is 3.32. The second-order valence-corrected chi connectivity index (χ2v) is 5.92. The van der Waals surface area contributed by atoms with E-state index in [0.717, 1.165) is 16.7 Å². The van der Waals surface area contributed by atoms with E-state index in [1.54, 1.807) is 6.92 Å². The van der Waals surface area contributed by atoms with E-state index in [2.05, 4.69) is 5.32 Å². The molecule has 0 fully saturated rings. The second-order valence-electron chi connectivity index (χ2n) is 5.00. The van der Waals surface area contributed by atoms with Crippen LogP contribution in [0.2, 0.25) is 0 Å². The summed E-state index contributed by atoms with van der Waals surface area (Å²) in [6.45, 7) is 3.70. The van der Waals surface area contributed by atoms with Gasteiger partial charge in [-0.3, -0.25) is 9.59 Å². The first-order valence-corrected chi connectivity index (χ1v) is 7.52. The minimum absolute atomic E-state index is 0.0863. The quantitative estimate of drug-likeness (QED) is 0.890. The Hall–Kier alpha value is -2.14. The summed E-state index contributed by atoms with van der Waals surface area (Å²) >= 11 is 1.36. The third-order valence-electron chi connectivity index (χ3n) is 3.09. The van der Waals surface area contributed by atoms with Gasteiger partial charge in [-0.2, -0.15) is 0 Å². The molecule has 0 aliphatic heterocycles. The van der Waals surface area contributed by atoms with Gasteiger partial charge in [-0.15, -0.1) is 11.3 Å². The van der Waals surface area contributed by atoms with E-state index in [1.807, 2.05) is 42.6 Å². The molecule has 0 saturated carbocycles. The number of nitrogens with one attached hydrogen (secondary N) is 1. The van der Waals surface area contributed by atoms with Crippen LogP contribution in [0.1, 0.15) is 28.6 Å². The van der Waals surface area contributed by atoms with Crippen LogP contribution in [0.3, 0.4) is 0 Å². The fraction of sp³-hybridized carbons (Fsp3) is 0.250. The summed E-state index contributed by atoms with van der Waals surface area (Å²) in [5.41, 5.74) is 3.02. The topological polar surface area (TPSA) is 66.4 Å². The van der Waals surface area contributed by atoms with Crippen LogP contribution < -0.4 is 5.32 Å². The molecule has 1 heterocycles. The molecule has 110 valence electrons. The van der Waals surface area contributed by atoms with E-state index in [4.69, 9.17) is 5.11 Å². The average Bonchev–Trinajstić information content (AvgIpc) is 2.87. The van der Waals surface area contributed by atoms with E-state index in [0.29, 0.717) is 4.88 Å². The number of benzene rings is 1. The van der Waals surface area contributed by atoms with Crippen molar-refractivity contribution in [3.8, 4) is 11.1 Å². The highest BCUT2D eigenvalue weighted by Crippen LogP contribution is 2.28. The lowest BCUT2D eigenvalue weighted by Gasteiger charge is -2.12. The van der Waals surface area contributed by atoms with Gasteiger partial charge in [0.2, 0.25) is 0 Å². The second kappa shape index (κ2) is 6.54. The fourth-order valence-electron chi connectivity index (χ4n) is 2.05.